The number of benzene rings is 1. The Labute approximate surface area is 121 Å². The van der Waals surface area contributed by atoms with Crippen LogP contribution in [-0.2, 0) is 16.0 Å². The number of alkyl halides is 3. The van der Waals surface area contributed by atoms with Crippen LogP contribution in [-0.4, -0.2) is 49.8 Å². The van der Waals surface area contributed by atoms with Crippen LogP contribution in [0.5, 0.6) is 0 Å². The second-order valence-corrected chi connectivity index (χ2v) is 4.51. The Bertz CT molecular complexity index is 424. The van der Waals surface area contributed by atoms with Crippen LogP contribution in [0, 0.1) is 0 Å². The topological polar surface area (TPSA) is 55.6 Å². The van der Waals surface area contributed by atoms with E-state index in [9.17, 15) is 18.0 Å². The van der Waals surface area contributed by atoms with E-state index in [-0.39, 0.29) is 6.54 Å². The minimum Gasteiger partial charge on any atom is -0.362 e. The summed E-state index contributed by atoms with van der Waals surface area (Å²) < 4.78 is 40.2. The Hall–Kier alpha value is -1.60. The molecule has 7 heteroatoms. The van der Waals surface area contributed by atoms with E-state index in [1.165, 1.54) is 4.90 Å². The highest BCUT2D eigenvalue weighted by Gasteiger charge is 2.28. The maximum atomic E-state index is 12.0. The van der Waals surface area contributed by atoms with Crippen molar-refractivity contribution >= 4 is 5.91 Å². The zero-order valence-electron chi connectivity index (χ0n) is 11.6. The fourth-order valence-corrected chi connectivity index (χ4v) is 1.77. The number of carbonyl (C=O) groups excluding carboxylic acids is 1. The van der Waals surface area contributed by atoms with Gasteiger partial charge in [-0.2, -0.15) is 13.2 Å². The van der Waals surface area contributed by atoms with Crippen molar-refractivity contribution in [3.05, 3.63) is 35.9 Å². The van der Waals surface area contributed by atoms with E-state index < -0.39 is 25.3 Å². The first-order valence-corrected chi connectivity index (χ1v) is 6.58. The van der Waals surface area contributed by atoms with Gasteiger partial charge in [0.2, 0.25) is 5.91 Å². The maximum absolute atomic E-state index is 12.0. The van der Waals surface area contributed by atoms with Gasteiger partial charge >= 0.3 is 6.18 Å². The molecular formula is C14H19F3N2O2. The molecule has 0 atom stereocenters. The number of nitrogens with two attached hydrogens (primary N) is 1. The molecule has 1 aromatic carbocycles. The number of halogens is 3. The van der Waals surface area contributed by atoms with E-state index in [1.54, 1.807) is 0 Å². The summed E-state index contributed by atoms with van der Waals surface area (Å²) in [6, 6.07) is 9.50. The molecule has 21 heavy (non-hydrogen) atoms. The van der Waals surface area contributed by atoms with E-state index in [0.29, 0.717) is 19.5 Å². The second-order valence-electron chi connectivity index (χ2n) is 4.51. The van der Waals surface area contributed by atoms with E-state index in [1.807, 2.05) is 30.3 Å². The molecule has 2 N–H and O–H groups in total. The molecule has 4 nitrogen and oxygen atoms in total. The van der Waals surface area contributed by atoms with E-state index in [2.05, 4.69) is 4.74 Å². The van der Waals surface area contributed by atoms with Crippen molar-refractivity contribution in [2.75, 3.05) is 32.8 Å². The monoisotopic (exact) mass is 304 g/mol. The molecule has 0 radical (unpaired) electrons. The lowest BCUT2D eigenvalue weighted by Gasteiger charge is -2.22. The summed E-state index contributed by atoms with van der Waals surface area (Å²) >= 11 is 0. The predicted molar refractivity (Wildman–Crippen MR) is 72.7 cm³/mol. The highest BCUT2D eigenvalue weighted by atomic mass is 19.4. The van der Waals surface area contributed by atoms with Gasteiger partial charge in [-0.15, -0.1) is 0 Å². The molecule has 0 saturated carbocycles. The molecule has 1 rings (SSSR count). The molecular weight excluding hydrogens is 285 g/mol. The van der Waals surface area contributed by atoms with Gasteiger partial charge in [-0.05, 0) is 12.0 Å². The van der Waals surface area contributed by atoms with Gasteiger partial charge in [0.05, 0.1) is 0 Å². The third-order valence-electron chi connectivity index (χ3n) is 2.76. The van der Waals surface area contributed by atoms with Gasteiger partial charge < -0.3 is 15.4 Å². The van der Waals surface area contributed by atoms with Gasteiger partial charge in [0, 0.05) is 19.6 Å². The number of rotatable bonds is 8. The summed E-state index contributed by atoms with van der Waals surface area (Å²) in [5, 5.41) is 0. The summed E-state index contributed by atoms with van der Waals surface area (Å²) in [4.78, 5) is 13.2. The summed E-state index contributed by atoms with van der Waals surface area (Å²) in [5.41, 5.74) is 6.46. The third-order valence-corrected chi connectivity index (χ3v) is 2.76. The fraction of sp³-hybridized carbons (Fsp3) is 0.500. The van der Waals surface area contributed by atoms with Crippen molar-refractivity contribution in [2.24, 2.45) is 5.73 Å². The zero-order valence-corrected chi connectivity index (χ0v) is 11.6. The maximum Gasteiger partial charge on any atom is 0.411 e. The van der Waals surface area contributed by atoms with Crippen molar-refractivity contribution < 1.29 is 22.7 Å². The lowest BCUT2D eigenvalue weighted by Crippen LogP contribution is -2.39. The quantitative estimate of drug-likeness (QED) is 0.793. The van der Waals surface area contributed by atoms with Crippen molar-refractivity contribution in [3.63, 3.8) is 0 Å². The number of amides is 1. The Balaban J connectivity index is 2.42. The molecule has 0 aliphatic carbocycles. The van der Waals surface area contributed by atoms with E-state index in [4.69, 9.17) is 5.73 Å². The molecule has 0 fully saturated rings. The fourth-order valence-electron chi connectivity index (χ4n) is 1.77. The first-order chi connectivity index (χ1) is 9.92. The Morgan fingerprint density at radius 3 is 2.43 bits per heavy atom. The Morgan fingerprint density at radius 1 is 1.19 bits per heavy atom. The molecule has 0 spiro atoms. The Morgan fingerprint density at radius 2 is 1.86 bits per heavy atom. The average Bonchev–Trinajstić information content (AvgIpc) is 2.43. The minimum absolute atomic E-state index is 0.250. The second kappa shape index (κ2) is 8.63. The van der Waals surface area contributed by atoms with Crippen molar-refractivity contribution in [2.45, 2.75) is 12.6 Å². The van der Waals surface area contributed by atoms with Crippen molar-refractivity contribution in [3.8, 4) is 0 Å². The SMILES string of the molecule is NCCN(CCc1ccccc1)C(=O)COCC(F)(F)F. The van der Waals surface area contributed by atoms with Crippen LogP contribution in [0.25, 0.3) is 0 Å². The lowest BCUT2D eigenvalue weighted by molar-refractivity contribution is -0.177. The molecule has 1 amide bonds. The molecule has 0 aromatic heterocycles. The van der Waals surface area contributed by atoms with Crippen LogP contribution >= 0.6 is 0 Å². The number of hydrogen-bond acceptors (Lipinski definition) is 3. The minimum atomic E-state index is -4.43. The first-order valence-electron chi connectivity index (χ1n) is 6.58. The van der Waals surface area contributed by atoms with Crippen LogP contribution in [0.3, 0.4) is 0 Å². The van der Waals surface area contributed by atoms with Gasteiger partial charge in [0.15, 0.2) is 0 Å². The van der Waals surface area contributed by atoms with Gasteiger partial charge in [0.1, 0.15) is 13.2 Å². The van der Waals surface area contributed by atoms with Gasteiger partial charge in [-0.1, -0.05) is 30.3 Å². The lowest BCUT2D eigenvalue weighted by atomic mass is 10.1. The third kappa shape index (κ3) is 7.67. The van der Waals surface area contributed by atoms with Crippen molar-refractivity contribution in [1.82, 2.24) is 4.90 Å². The molecule has 0 aliphatic rings. The predicted octanol–water partition coefficient (Wildman–Crippen LogP) is 1.60. The van der Waals surface area contributed by atoms with Crippen LogP contribution in [0.15, 0.2) is 30.3 Å². The van der Waals surface area contributed by atoms with Crippen LogP contribution in [0.4, 0.5) is 13.2 Å². The molecule has 0 bridgehead atoms. The van der Waals surface area contributed by atoms with Gasteiger partial charge in [0.25, 0.3) is 0 Å². The van der Waals surface area contributed by atoms with Crippen LogP contribution in [0.1, 0.15) is 5.56 Å². The summed E-state index contributed by atoms with van der Waals surface area (Å²) in [6.45, 7) is -1.07. The number of carbonyl (C=O) groups is 1. The molecule has 0 unspecified atom stereocenters. The van der Waals surface area contributed by atoms with E-state index >= 15 is 0 Å². The smallest absolute Gasteiger partial charge is 0.362 e. The van der Waals surface area contributed by atoms with Gasteiger partial charge in [-0.25, -0.2) is 0 Å². The molecule has 1 aromatic rings. The first kappa shape index (κ1) is 17.5. The van der Waals surface area contributed by atoms with Gasteiger partial charge in [-0.3, -0.25) is 4.79 Å². The highest BCUT2D eigenvalue weighted by Crippen LogP contribution is 2.14. The summed E-state index contributed by atoms with van der Waals surface area (Å²) in [7, 11) is 0. The normalized spacial score (nSPS) is 11.4. The van der Waals surface area contributed by atoms with E-state index in [0.717, 1.165) is 5.56 Å². The standard InChI is InChI=1S/C14H19F3N2O2/c15-14(16,17)11-21-10-13(20)19(9-7-18)8-6-12-4-2-1-3-5-12/h1-5H,6-11,18H2. The number of ether oxygens (including phenoxy) is 1. The van der Waals surface area contributed by atoms with Crippen LogP contribution in [0.2, 0.25) is 0 Å². The Kier molecular flexibility index (Phi) is 7.18. The highest BCUT2D eigenvalue weighted by molar-refractivity contribution is 5.77. The number of nitrogens with zero attached hydrogens (tertiary/aromatic N) is 1. The largest absolute Gasteiger partial charge is 0.411 e. The summed E-state index contributed by atoms with van der Waals surface area (Å²) in [5.74, 6) is -0.486. The molecule has 0 aliphatic heterocycles. The van der Waals surface area contributed by atoms with Crippen LogP contribution < -0.4 is 5.73 Å². The van der Waals surface area contributed by atoms with Crippen molar-refractivity contribution in [1.29, 1.82) is 0 Å². The number of hydrogen-bond donors (Lipinski definition) is 1. The molecule has 0 saturated heterocycles. The summed E-state index contributed by atoms with van der Waals surface area (Å²) in [6.07, 6.45) is -3.81. The molecule has 0 heterocycles. The zero-order chi connectivity index (χ0) is 15.7. The average molecular weight is 304 g/mol. The molecule has 118 valence electrons.